The zero-order chi connectivity index (χ0) is 21.0. The number of ether oxygens (including phenoxy) is 2. The van der Waals surface area contributed by atoms with Crippen LogP contribution in [0.15, 0.2) is 36.4 Å². The fraction of sp³-hybridized carbons (Fsp3) is 0.381. The van der Waals surface area contributed by atoms with Crippen molar-refractivity contribution in [2.75, 3.05) is 37.5 Å². The molecule has 0 bridgehead atoms. The number of hydrogen-bond donors (Lipinski definition) is 1. The molecule has 0 aliphatic carbocycles. The molecule has 1 aliphatic rings. The number of anilines is 2. The van der Waals surface area contributed by atoms with Gasteiger partial charge in [0.1, 0.15) is 11.5 Å². The average Bonchev–Trinajstić information content (AvgIpc) is 2.73. The first-order valence-electron chi connectivity index (χ1n) is 9.49. The number of nitrogens with one attached hydrogen (secondary N) is 1. The molecule has 1 amide bonds. The van der Waals surface area contributed by atoms with E-state index in [1.807, 2.05) is 0 Å². The third-order valence-electron chi connectivity index (χ3n) is 5.17. The predicted octanol–water partition coefficient (Wildman–Crippen LogP) is 4.10. The van der Waals surface area contributed by atoms with Crippen LogP contribution in [0.1, 0.15) is 30.1 Å². The van der Waals surface area contributed by atoms with Crippen molar-refractivity contribution in [2.45, 2.75) is 19.8 Å². The van der Waals surface area contributed by atoms with Gasteiger partial charge in [-0.05, 0) is 24.8 Å². The number of amides is 1. The number of benzene rings is 2. The molecule has 29 heavy (non-hydrogen) atoms. The van der Waals surface area contributed by atoms with Crippen LogP contribution in [-0.4, -0.2) is 38.1 Å². The monoisotopic (exact) mass is 399 g/mol. The molecule has 8 nitrogen and oxygen atoms in total. The highest BCUT2D eigenvalue weighted by Crippen LogP contribution is 2.31. The van der Waals surface area contributed by atoms with Crippen LogP contribution < -0.4 is 19.7 Å². The first-order valence-corrected chi connectivity index (χ1v) is 9.49. The molecule has 154 valence electrons. The summed E-state index contributed by atoms with van der Waals surface area (Å²) in [4.78, 5) is 26.0. The summed E-state index contributed by atoms with van der Waals surface area (Å²) in [5.41, 5.74) is 1.34. The number of nitro benzene ring substituents is 1. The Morgan fingerprint density at radius 1 is 1.10 bits per heavy atom. The summed E-state index contributed by atoms with van der Waals surface area (Å²) in [6, 6.07) is 9.47. The van der Waals surface area contributed by atoms with Crippen LogP contribution in [0.25, 0.3) is 0 Å². The Kier molecular flexibility index (Phi) is 6.21. The minimum Gasteiger partial charge on any atom is -0.497 e. The van der Waals surface area contributed by atoms with Crippen molar-refractivity contribution < 1.29 is 19.2 Å². The van der Waals surface area contributed by atoms with E-state index in [-0.39, 0.29) is 11.3 Å². The van der Waals surface area contributed by atoms with E-state index in [4.69, 9.17) is 9.47 Å². The largest absolute Gasteiger partial charge is 0.497 e. The second kappa shape index (κ2) is 8.81. The Morgan fingerprint density at radius 3 is 2.28 bits per heavy atom. The predicted molar refractivity (Wildman–Crippen MR) is 111 cm³/mol. The third-order valence-corrected chi connectivity index (χ3v) is 5.17. The number of carbonyl (C=O) groups is 1. The maximum Gasteiger partial charge on any atom is 0.270 e. The summed E-state index contributed by atoms with van der Waals surface area (Å²) >= 11 is 0. The zero-order valence-corrected chi connectivity index (χ0v) is 16.8. The number of nitro groups is 1. The summed E-state index contributed by atoms with van der Waals surface area (Å²) in [5, 5.41) is 14.1. The van der Waals surface area contributed by atoms with Gasteiger partial charge < -0.3 is 19.7 Å². The van der Waals surface area contributed by atoms with Gasteiger partial charge in [0.15, 0.2) is 0 Å². The number of methoxy groups -OCH3 is 2. The van der Waals surface area contributed by atoms with E-state index in [9.17, 15) is 14.9 Å². The quantitative estimate of drug-likeness (QED) is 0.581. The van der Waals surface area contributed by atoms with E-state index in [0.717, 1.165) is 25.9 Å². The molecular formula is C21H25N3O5. The molecule has 0 unspecified atom stereocenters. The van der Waals surface area contributed by atoms with E-state index in [1.165, 1.54) is 26.4 Å². The molecular weight excluding hydrogens is 374 g/mol. The van der Waals surface area contributed by atoms with E-state index >= 15 is 0 Å². The van der Waals surface area contributed by atoms with Gasteiger partial charge in [-0.2, -0.15) is 0 Å². The zero-order valence-electron chi connectivity index (χ0n) is 16.8. The number of hydrogen-bond acceptors (Lipinski definition) is 6. The highest BCUT2D eigenvalue weighted by Gasteiger charge is 2.24. The topological polar surface area (TPSA) is 93.9 Å². The first kappa shape index (κ1) is 20.4. The third kappa shape index (κ3) is 4.77. The lowest BCUT2D eigenvalue weighted by Gasteiger charge is -2.33. The molecule has 1 saturated heterocycles. The van der Waals surface area contributed by atoms with E-state index < -0.39 is 10.8 Å². The highest BCUT2D eigenvalue weighted by molar-refractivity contribution is 6.08. The van der Waals surface area contributed by atoms with Gasteiger partial charge in [-0.15, -0.1) is 0 Å². The van der Waals surface area contributed by atoms with E-state index in [0.29, 0.717) is 28.8 Å². The van der Waals surface area contributed by atoms with Crippen LogP contribution in [0.4, 0.5) is 17.1 Å². The molecule has 1 heterocycles. The Hall–Kier alpha value is -3.29. The standard InChI is InChI=1S/C21H25N3O5/c1-14-6-8-23(9-7-14)20-5-4-16(24(26)27)12-19(20)21(25)22-15-10-17(28-2)13-18(11-15)29-3/h4-5,10-14H,6-9H2,1-3H3,(H,22,25). The van der Waals surface area contributed by atoms with E-state index in [2.05, 4.69) is 17.1 Å². The lowest BCUT2D eigenvalue weighted by Crippen LogP contribution is -2.34. The van der Waals surface area contributed by atoms with Gasteiger partial charge >= 0.3 is 0 Å². The lowest BCUT2D eigenvalue weighted by atomic mass is 9.98. The Bertz CT molecular complexity index is 885. The van der Waals surface area contributed by atoms with Crippen LogP contribution in [0, 0.1) is 16.0 Å². The van der Waals surface area contributed by atoms with Crippen LogP contribution >= 0.6 is 0 Å². The Labute approximate surface area is 169 Å². The van der Waals surface area contributed by atoms with Crippen LogP contribution in [0.2, 0.25) is 0 Å². The van der Waals surface area contributed by atoms with Gasteiger partial charge in [-0.3, -0.25) is 14.9 Å². The molecule has 1 N–H and O–H groups in total. The fourth-order valence-corrected chi connectivity index (χ4v) is 3.42. The molecule has 0 saturated carbocycles. The van der Waals surface area contributed by atoms with Gasteiger partial charge in [0.25, 0.3) is 11.6 Å². The van der Waals surface area contributed by atoms with Gasteiger partial charge in [0.2, 0.25) is 0 Å². The highest BCUT2D eigenvalue weighted by atomic mass is 16.6. The number of carbonyl (C=O) groups excluding carboxylic acids is 1. The molecule has 2 aromatic carbocycles. The second-order valence-corrected chi connectivity index (χ2v) is 7.18. The maximum atomic E-state index is 13.1. The van der Waals surface area contributed by atoms with E-state index in [1.54, 1.807) is 24.3 Å². The number of rotatable bonds is 6. The molecule has 2 aromatic rings. The molecule has 0 radical (unpaired) electrons. The summed E-state index contributed by atoms with van der Waals surface area (Å²) < 4.78 is 10.5. The number of non-ortho nitro benzene ring substituents is 1. The summed E-state index contributed by atoms with van der Waals surface area (Å²) in [7, 11) is 3.05. The first-order chi connectivity index (χ1) is 13.9. The van der Waals surface area contributed by atoms with Gasteiger partial charge in [-0.1, -0.05) is 6.92 Å². The SMILES string of the molecule is COc1cc(NC(=O)c2cc([N+](=O)[O-])ccc2N2CCC(C)CC2)cc(OC)c1. The van der Waals surface area contributed by atoms with Gasteiger partial charge in [-0.25, -0.2) is 0 Å². The van der Waals surface area contributed by atoms with Crippen molar-refractivity contribution in [3.8, 4) is 11.5 Å². The average molecular weight is 399 g/mol. The molecule has 0 atom stereocenters. The normalized spacial score (nSPS) is 14.4. The molecule has 3 rings (SSSR count). The van der Waals surface area contributed by atoms with Crippen molar-refractivity contribution in [2.24, 2.45) is 5.92 Å². The molecule has 0 aromatic heterocycles. The van der Waals surface area contributed by atoms with Crippen molar-refractivity contribution in [3.05, 3.63) is 52.1 Å². The number of nitrogens with zero attached hydrogens (tertiary/aromatic N) is 2. The van der Waals surface area contributed by atoms with Crippen molar-refractivity contribution in [1.29, 1.82) is 0 Å². The molecule has 1 fully saturated rings. The van der Waals surface area contributed by atoms with Crippen molar-refractivity contribution in [1.82, 2.24) is 0 Å². The summed E-state index contributed by atoms with van der Waals surface area (Å²) in [6.45, 7) is 3.83. The molecule has 1 aliphatic heterocycles. The van der Waals surface area contributed by atoms with Crippen LogP contribution in [0.5, 0.6) is 11.5 Å². The number of piperidine rings is 1. The molecule has 0 spiro atoms. The second-order valence-electron chi connectivity index (χ2n) is 7.18. The Balaban J connectivity index is 1.94. The van der Waals surface area contributed by atoms with Gasteiger partial charge in [0.05, 0.1) is 30.4 Å². The maximum absolute atomic E-state index is 13.1. The van der Waals surface area contributed by atoms with Gasteiger partial charge in [0, 0.05) is 49.1 Å². The van der Waals surface area contributed by atoms with Crippen LogP contribution in [-0.2, 0) is 0 Å². The smallest absolute Gasteiger partial charge is 0.270 e. The van der Waals surface area contributed by atoms with Crippen molar-refractivity contribution >= 4 is 23.0 Å². The minimum absolute atomic E-state index is 0.118. The Morgan fingerprint density at radius 2 is 1.72 bits per heavy atom. The summed E-state index contributed by atoms with van der Waals surface area (Å²) in [5.74, 6) is 1.27. The minimum atomic E-state index is -0.493. The summed E-state index contributed by atoms with van der Waals surface area (Å²) in [6.07, 6.45) is 2.04. The molecule has 8 heteroatoms. The lowest BCUT2D eigenvalue weighted by molar-refractivity contribution is -0.384. The van der Waals surface area contributed by atoms with Crippen molar-refractivity contribution in [3.63, 3.8) is 0 Å². The fourth-order valence-electron chi connectivity index (χ4n) is 3.42. The van der Waals surface area contributed by atoms with Crippen LogP contribution in [0.3, 0.4) is 0 Å².